The lowest BCUT2D eigenvalue weighted by Crippen LogP contribution is -2.47. The van der Waals surface area contributed by atoms with Crippen LogP contribution in [0.4, 0.5) is 0 Å². The Hall–Kier alpha value is -1.40. The maximum Gasteiger partial charge on any atom is 0.335 e. The average Bonchev–Trinajstić information content (AvgIpc) is 2.45. The number of sulfonamides is 1. The fourth-order valence-corrected chi connectivity index (χ4v) is 4.22. The first-order valence-electron chi connectivity index (χ1n) is 7.09. The summed E-state index contributed by atoms with van der Waals surface area (Å²) in [7, 11) is -3.75. The van der Waals surface area contributed by atoms with E-state index in [2.05, 4.69) is 4.72 Å². The molecule has 0 aliphatic rings. The Morgan fingerprint density at radius 1 is 1.19 bits per heavy atom. The van der Waals surface area contributed by atoms with Gasteiger partial charge in [0.2, 0.25) is 10.0 Å². The van der Waals surface area contributed by atoms with E-state index >= 15 is 0 Å². The number of carbonyl (C=O) groups is 1. The maximum atomic E-state index is 12.6. The number of hydrogen-bond donors (Lipinski definition) is 2. The van der Waals surface area contributed by atoms with Crippen LogP contribution in [0.5, 0.6) is 0 Å². The molecule has 2 N–H and O–H groups in total. The topological polar surface area (TPSA) is 83.5 Å². The standard InChI is InChI=1S/C15H23NO4S/c1-5-15(6-2,7-3)16-21(19,20)13-10-12(14(17)18)9-8-11(13)4/h8-10,16H,5-7H2,1-4H3,(H,17,18). The van der Waals surface area contributed by atoms with E-state index in [0.29, 0.717) is 24.8 Å². The normalized spacial score (nSPS) is 12.4. The molecule has 0 aliphatic carbocycles. The van der Waals surface area contributed by atoms with Crippen molar-refractivity contribution in [2.75, 3.05) is 0 Å². The molecule has 0 amide bonds. The van der Waals surface area contributed by atoms with Crippen LogP contribution in [-0.4, -0.2) is 25.0 Å². The summed E-state index contributed by atoms with van der Waals surface area (Å²) in [5.41, 5.74) is 0.00519. The Labute approximate surface area is 126 Å². The van der Waals surface area contributed by atoms with Crippen molar-refractivity contribution in [1.29, 1.82) is 0 Å². The molecule has 6 heteroatoms. The lowest BCUT2D eigenvalue weighted by molar-refractivity contribution is 0.0696. The third-order valence-electron chi connectivity index (χ3n) is 4.11. The van der Waals surface area contributed by atoms with Crippen LogP contribution in [0.1, 0.15) is 56.0 Å². The van der Waals surface area contributed by atoms with Gasteiger partial charge < -0.3 is 5.11 Å². The van der Waals surface area contributed by atoms with Gasteiger partial charge in [-0.1, -0.05) is 26.8 Å². The first kappa shape index (κ1) is 17.7. The Bertz CT molecular complexity index is 610. The lowest BCUT2D eigenvalue weighted by Gasteiger charge is -2.31. The predicted octanol–water partition coefficient (Wildman–Crippen LogP) is 2.94. The summed E-state index contributed by atoms with van der Waals surface area (Å²) in [6, 6.07) is 4.14. The summed E-state index contributed by atoms with van der Waals surface area (Å²) >= 11 is 0. The minimum atomic E-state index is -3.75. The lowest BCUT2D eigenvalue weighted by atomic mass is 9.91. The molecule has 1 aromatic carbocycles. The summed E-state index contributed by atoms with van der Waals surface area (Å²) in [5.74, 6) is -1.14. The van der Waals surface area contributed by atoms with E-state index in [1.54, 1.807) is 6.92 Å². The van der Waals surface area contributed by atoms with E-state index in [1.807, 2.05) is 20.8 Å². The van der Waals surface area contributed by atoms with Gasteiger partial charge in [0.25, 0.3) is 0 Å². The van der Waals surface area contributed by atoms with Crippen LogP contribution >= 0.6 is 0 Å². The second kappa shape index (κ2) is 6.58. The van der Waals surface area contributed by atoms with E-state index in [-0.39, 0.29) is 10.5 Å². The smallest absolute Gasteiger partial charge is 0.335 e. The van der Waals surface area contributed by atoms with Gasteiger partial charge >= 0.3 is 5.97 Å². The van der Waals surface area contributed by atoms with Crippen molar-refractivity contribution in [3.05, 3.63) is 29.3 Å². The van der Waals surface area contributed by atoms with E-state index < -0.39 is 21.5 Å². The van der Waals surface area contributed by atoms with E-state index in [1.165, 1.54) is 18.2 Å². The van der Waals surface area contributed by atoms with Gasteiger partial charge in [0.05, 0.1) is 10.5 Å². The molecule has 0 bridgehead atoms. The highest BCUT2D eigenvalue weighted by Gasteiger charge is 2.31. The molecule has 0 atom stereocenters. The number of aryl methyl sites for hydroxylation is 1. The second-order valence-electron chi connectivity index (χ2n) is 5.23. The summed E-state index contributed by atoms with van der Waals surface area (Å²) in [5, 5.41) is 9.02. The van der Waals surface area contributed by atoms with Gasteiger partial charge in [-0.15, -0.1) is 0 Å². The number of rotatable bonds is 7. The number of aromatic carboxylic acids is 1. The number of nitrogens with one attached hydrogen (secondary N) is 1. The molecule has 0 radical (unpaired) electrons. The first-order chi connectivity index (χ1) is 9.71. The van der Waals surface area contributed by atoms with Gasteiger partial charge in [0.15, 0.2) is 0 Å². The zero-order valence-corrected chi connectivity index (χ0v) is 13.8. The summed E-state index contributed by atoms with van der Waals surface area (Å²) in [4.78, 5) is 11.1. The Morgan fingerprint density at radius 2 is 1.71 bits per heavy atom. The molecular weight excluding hydrogens is 290 g/mol. The first-order valence-corrected chi connectivity index (χ1v) is 8.57. The maximum absolute atomic E-state index is 12.6. The van der Waals surface area contributed by atoms with Crippen molar-refractivity contribution in [3.63, 3.8) is 0 Å². The molecule has 0 aromatic heterocycles. The SMILES string of the molecule is CCC(CC)(CC)NS(=O)(=O)c1cc(C(=O)O)ccc1C. The molecule has 0 spiro atoms. The zero-order valence-electron chi connectivity index (χ0n) is 12.9. The molecular formula is C15H23NO4S. The molecule has 5 nitrogen and oxygen atoms in total. The van der Waals surface area contributed by atoms with Crippen molar-refractivity contribution in [2.24, 2.45) is 0 Å². The highest BCUT2D eigenvalue weighted by atomic mass is 32.2. The third-order valence-corrected chi connectivity index (χ3v) is 5.83. The zero-order chi connectivity index (χ0) is 16.3. The monoisotopic (exact) mass is 313 g/mol. The molecule has 0 aliphatic heterocycles. The van der Waals surface area contributed by atoms with Gasteiger partial charge in [-0.05, 0) is 43.9 Å². The van der Waals surface area contributed by atoms with Crippen molar-refractivity contribution in [3.8, 4) is 0 Å². The molecule has 1 rings (SSSR count). The fraction of sp³-hybridized carbons (Fsp3) is 0.533. The van der Waals surface area contributed by atoms with Crippen LogP contribution in [0.15, 0.2) is 23.1 Å². The minimum Gasteiger partial charge on any atom is -0.478 e. The van der Waals surface area contributed by atoms with E-state index in [4.69, 9.17) is 5.11 Å². The third kappa shape index (κ3) is 3.83. The van der Waals surface area contributed by atoms with Crippen molar-refractivity contribution >= 4 is 16.0 Å². The van der Waals surface area contributed by atoms with Crippen LogP contribution in [-0.2, 0) is 10.0 Å². The second-order valence-corrected chi connectivity index (χ2v) is 6.88. The number of carboxylic acid groups (broad SMARTS) is 1. The number of hydrogen-bond acceptors (Lipinski definition) is 3. The van der Waals surface area contributed by atoms with Crippen LogP contribution < -0.4 is 4.72 Å². The highest BCUT2D eigenvalue weighted by Crippen LogP contribution is 2.25. The number of carboxylic acids is 1. The van der Waals surface area contributed by atoms with E-state index in [0.717, 1.165) is 0 Å². The van der Waals surface area contributed by atoms with Gasteiger partial charge in [0, 0.05) is 5.54 Å². The largest absolute Gasteiger partial charge is 0.478 e. The van der Waals surface area contributed by atoms with E-state index in [9.17, 15) is 13.2 Å². The molecule has 118 valence electrons. The van der Waals surface area contributed by atoms with Gasteiger partial charge in [-0.3, -0.25) is 0 Å². The molecule has 1 aromatic rings. The van der Waals surface area contributed by atoms with Crippen LogP contribution in [0.3, 0.4) is 0 Å². The van der Waals surface area contributed by atoms with Gasteiger partial charge in [-0.2, -0.15) is 0 Å². The van der Waals surface area contributed by atoms with Crippen LogP contribution in [0.2, 0.25) is 0 Å². The highest BCUT2D eigenvalue weighted by molar-refractivity contribution is 7.89. The summed E-state index contributed by atoms with van der Waals surface area (Å²) in [6.45, 7) is 7.48. The predicted molar refractivity (Wildman–Crippen MR) is 82.1 cm³/mol. The molecule has 0 fully saturated rings. The van der Waals surface area contributed by atoms with Crippen molar-refractivity contribution in [2.45, 2.75) is 57.4 Å². The molecule has 0 heterocycles. The summed E-state index contributed by atoms with van der Waals surface area (Å²) < 4.78 is 28.0. The number of benzene rings is 1. The fourth-order valence-electron chi connectivity index (χ4n) is 2.33. The molecule has 0 unspecified atom stereocenters. The Balaban J connectivity index is 3.31. The van der Waals surface area contributed by atoms with Gasteiger partial charge in [-0.25, -0.2) is 17.9 Å². The van der Waals surface area contributed by atoms with Crippen molar-refractivity contribution < 1.29 is 18.3 Å². The minimum absolute atomic E-state index is 0.0297. The molecule has 0 saturated heterocycles. The molecule has 21 heavy (non-hydrogen) atoms. The van der Waals surface area contributed by atoms with Crippen molar-refractivity contribution in [1.82, 2.24) is 4.72 Å². The molecule has 0 saturated carbocycles. The quantitative estimate of drug-likeness (QED) is 0.810. The van der Waals surface area contributed by atoms with Crippen LogP contribution in [0, 0.1) is 6.92 Å². The van der Waals surface area contributed by atoms with Gasteiger partial charge in [0.1, 0.15) is 0 Å². The Morgan fingerprint density at radius 3 is 2.14 bits per heavy atom. The van der Waals surface area contributed by atoms with Crippen LogP contribution in [0.25, 0.3) is 0 Å². The average molecular weight is 313 g/mol. The Kier molecular flexibility index (Phi) is 5.53. The summed E-state index contributed by atoms with van der Waals surface area (Å²) in [6.07, 6.45) is 2.03.